The van der Waals surface area contributed by atoms with Gasteiger partial charge < -0.3 is 14.8 Å². The Morgan fingerprint density at radius 1 is 1.22 bits per heavy atom. The number of ether oxygens (including phenoxy) is 2. The fourth-order valence-corrected chi connectivity index (χ4v) is 2.56. The van der Waals surface area contributed by atoms with Gasteiger partial charge in [0.25, 0.3) is 0 Å². The van der Waals surface area contributed by atoms with Gasteiger partial charge in [-0.2, -0.15) is 0 Å². The highest BCUT2D eigenvalue weighted by Gasteiger charge is 2.16. The van der Waals surface area contributed by atoms with E-state index in [2.05, 4.69) is 35.1 Å². The van der Waals surface area contributed by atoms with Gasteiger partial charge in [0.05, 0.1) is 5.69 Å². The number of fused-ring (bicyclic) bond motifs is 1. The summed E-state index contributed by atoms with van der Waals surface area (Å²) in [7, 11) is 0. The third kappa shape index (κ3) is 3.10. The zero-order chi connectivity index (χ0) is 13.0. The Hall–Kier alpha value is -0.900. The van der Waals surface area contributed by atoms with Crippen molar-refractivity contribution < 1.29 is 9.47 Å². The van der Waals surface area contributed by atoms with Gasteiger partial charge in [0.15, 0.2) is 11.5 Å². The summed E-state index contributed by atoms with van der Waals surface area (Å²) in [6.07, 6.45) is 3.49. The number of benzene rings is 1. The van der Waals surface area contributed by atoms with Crippen LogP contribution < -0.4 is 14.8 Å². The molecule has 0 fully saturated rings. The van der Waals surface area contributed by atoms with Crippen LogP contribution in [0.5, 0.6) is 11.5 Å². The van der Waals surface area contributed by atoms with E-state index in [1.165, 1.54) is 12.8 Å². The average molecular weight is 314 g/mol. The second-order valence-corrected chi connectivity index (χ2v) is 5.37. The predicted molar refractivity (Wildman–Crippen MR) is 77.7 cm³/mol. The molecule has 0 spiro atoms. The lowest BCUT2D eigenvalue weighted by atomic mass is 10.1. The number of halogens is 1. The summed E-state index contributed by atoms with van der Waals surface area (Å²) in [4.78, 5) is 0. The first-order valence-corrected chi connectivity index (χ1v) is 7.39. The first-order valence-electron chi connectivity index (χ1n) is 6.60. The summed E-state index contributed by atoms with van der Waals surface area (Å²) in [6, 6.07) is 4.51. The standard InChI is InChI=1S/C14H20BrNO2/c1-3-5-10(4-2)16-12-9-14-13(8-11(12)15)17-6-7-18-14/h8-10,16H,3-7H2,1-2H3. The van der Waals surface area contributed by atoms with Crippen LogP contribution in [-0.2, 0) is 0 Å². The maximum Gasteiger partial charge on any atom is 0.163 e. The van der Waals surface area contributed by atoms with E-state index in [9.17, 15) is 0 Å². The van der Waals surface area contributed by atoms with E-state index < -0.39 is 0 Å². The summed E-state index contributed by atoms with van der Waals surface area (Å²) in [5.41, 5.74) is 1.08. The van der Waals surface area contributed by atoms with Crippen LogP contribution in [0, 0.1) is 0 Å². The van der Waals surface area contributed by atoms with Gasteiger partial charge in [0, 0.05) is 22.6 Å². The van der Waals surface area contributed by atoms with Gasteiger partial charge in [0.1, 0.15) is 13.2 Å². The van der Waals surface area contributed by atoms with Crippen molar-refractivity contribution in [2.24, 2.45) is 0 Å². The third-order valence-electron chi connectivity index (χ3n) is 3.12. The molecule has 0 bridgehead atoms. The van der Waals surface area contributed by atoms with E-state index in [0.717, 1.165) is 28.1 Å². The normalized spacial score (nSPS) is 15.3. The minimum absolute atomic E-state index is 0.508. The predicted octanol–water partition coefficient (Wildman–Crippen LogP) is 4.21. The van der Waals surface area contributed by atoms with Crippen LogP contribution in [-0.4, -0.2) is 19.3 Å². The molecule has 0 aliphatic carbocycles. The molecule has 2 rings (SSSR count). The lowest BCUT2D eigenvalue weighted by Crippen LogP contribution is -2.19. The number of rotatable bonds is 5. The van der Waals surface area contributed by atoms with Gasteiger partial charge in [-0.05, 0) is 28.8 Å². The minimum atomic E-state index is 0.508. The average Bonchev–Trinajstić information content (AvgIpc) is 2.39. The topological polar surface area (TPSA) is 30.5 Å². The molecule has 3 nitrogen and oxygen atoms in total. The molecular weight excluding hydrogens is 294 g/mol. The molecule has 1 heterocycles. The zero-order valence-electron chi connectivity index (χ0n) is 11.0. The number of nitrogens with one attached hydrogen (secondary N) is 1. The molecule has 1 atom stereocenters. The molecule has 0 saturated carbocycles. The van der Waals surface area contributed by atoms with Crippen LogP contribution in [0.1, 0.15) is 33.1 Å². The summed E-state index contributed by atoms with van der Waals surface area (Å²) in [6.45, 7) is 5.67. The summed E-state index contributed by atoms with van der Waals surface area (Å²) < 4.78 is 12.2. The smallest absolute Gasteiger partial charge is 0.163 e. The molecule has 1 unspecified atom stereocenters. The first kappa shape index (κ1) is 13.5. The van der Waals surface area contributed by atoms with Crippen molar-refractivity contribution in [2.45, 2.75) is 39.2 Å². The van der Waals surface area contributed by atoms with Crippen molar-refractivity contribution in [3.8, 4) is 11.5 Å². The van der Waals surface area contributed by atoms with Gasteiger partial charge in [-0.25, -0.2) is 0 Å². The Balaban J connectivity index is 2.17. The molecule has 4 heteroatoms. The van der Waals surface area contributed by atoms with Crippen LogP contribution in [0.2, 0.25) is 0 Å². The van der Waals surface area contributed by atoms with E-state index in [-0.39, 0.29) is 0 Å². The van der Waals surface area contributed by atoms with E-state index in [0.29, 0.717) is 19.3 Å². The van der Waals surface area contributed by atoms with E-state index in [4.69, 9.17) is 9.47 Å². The van der Waals surface area contributed by atoms with Gasteiger partial charge in [-0.1, -0.05) is 20.3 Å². The summed E-state index contributed by atoms with van der Waals surface area (Å²) in [5, 5.41) is 3.57. The van der Waals surface area contributed by atoms with Crippen molar-refractivity contribution in [1.29, 1.82) is 0 Å². The highest BCUT2D eigenvalue weighted by molar-refractivity contribution is 9.10. The maximum absolute atomic E-state index is 5.61. The monoisotopic (exact) mass is 313 g/mol. The molecule has 1 aliphatic heterocycles. The first-order chi connectivity index (χ1) is 8.74. The minimum Gasteiger partial charge on any atom is -0.486 e. The van der Waals surface area contributed by atoms with Crippen LogP contribution in [0.3, 0.4) is 0 Å². The second-order valence-electron chi connectivity index (χ2n) is 4.51. The molecule has 0 amide bonds. The number of hydrogen-bond acceptors (Lipinski definition) is 3. The van der Waals surface area contributed by atoms with Crippen LogP contribution in [0.25, 0.3) is 0 Å². The highest BCUT2D eigenvalue weighted by atomic mass is 79.9. The van der Waals surface area contributed by atoms with E-state index in [1.807, 2.05) is 12.1 Å². The van der Waals surface area contributed by atoms with Crippen molar-refractivity contribution >= 4 is 21.6 Å². The lowest BCUT2D eigenvalue weighted by molar-refractivity contribution is 0.171. The van der Waals surface area contributed by atoms with E-state index in [1.54, 1.807) is 0 Å². The molecule has 1 N–H and O–H groups in total. The molecule has 1 aromatic rings. The third-order valence-corrected chi connectivity index (χ3v) is 3.78. The Morgan fingerprint density at radius 2 is 1.89 bits per heavy atom. The van der Waals surface area contributed by atoms with Crippen LogP contribution in [0.4, 0.5) is 5.69 Å². The van der Waals surface area contributed by atoms with Gasteiger partial charge >= 0.3 is 0 Å². The molecule has 1 aliphatic rings. The van der Waals surface area contributed by atoms with Crippen molar-refractivity contribution in [1.82, 2.24) is 0 Å². The highest BCUT2D eigenvalue weighted by Crippen LogP contribution is 2.38. The fraction of sp³-hybridized carbons (Fsp3) is 0.571. The largest absolute Gasteiger partial charge is 0.486 e. The fourth-order valence-electron chi connectivity index (χ4n) is 2.12. The maximum atomic E-state index is 5.61. The number of hydrogen-bond donors (Lipinski definition) is 1. The van der Waals surface area contributed by atoms with Crippen LogP contribution >= 0.6 is 15.9 Å². The Labute approximate surface area is 117 Å². The van der Waals surface area contributed by atoms with E-state index >= 15 is 0 Å². The molecule has 0 saturated heterocycles. The lowest BCUT2D eigenvalue weighted by Gasteiger charge is -2.23. The SMILES string of the molecule is CCCC(CC)Nc1cc2c(cc1Br)OCCO2. The molecule has 0 radical (unpaired) electrons. The quantitative estimate of drug-likeness (QED) is 0.883. The Morgan fingerprint density at radius 3 is 2.50 bits per heavy atom. The second kappa shape index (κ2) is 6.32. The summed E-state index contributed by atoms with van der Waals surface area (Å²) in [5.74, 6) is 1.65. The Kier molecular flexibility index (Phi) is 4.75. The van der Waals surface area contributed by atoms with Gasteiger partial charge in [0.2, 0.25) is 0 Å². The van der Waals surface area contributed by atoms with Crippen molar-refractivity contribution in [2.75, 3.05) is 18.5 Å². The van der Waals surface area contributed by atoms with Crippen molar-refractivity contribution in [3.63, 3.8) is 0 Å². The van der Waals surface area contributed by atoms with Gasteiger partial charge in [-0.15, -0.1) is 0 Å². The molecular formula is C14H20BrNO2. The van der Waals surface area contributed by atoms with Gasteiger partial charge in [-0.3, -0.25) is 0 Å². The molecule has 18 heavy (non-hydrogen) atoms. The Bertz CT molecular complexity index is 409. The molecule has 0 aromatic heterocycles. The zero-order valence-corrected chi connectivity index (χ0v) is 12.5. The number of anilines is 1. The van der Waals surface area contributed by atoms with Crippen molar-refractivity contribution in [3.05, 3.63) is 16.6 Å². The molecule has 100 valence electrons. The van der Waals surface area contributed by atoms with Crippen LogP contribution in [0.15, 0.2) is 16.6 Å². The summed E-state index contributed by atoms with van der Waals surface area (Å²) >= 11 is 3.59. The molecule has 1 aromatic carbocycles.